The third-order valence-corrected chi connectivity index (χ3v) is 6.59. The molecular weight excluding hydrogens is 526 g/mol. The molecule has 0 bridgehead atoms. The molecule has 1 amide bonds. The minimum atomic E-state index is -0.158. The quantitative estimate of drug-likeness (QED) is 0.104. The summed E-state index contributed by atoms with van der Waals surface area (Å²) in [4.78, 5) is 12.2. The number of nitrogens with zero attached hydrogens (tertiary/aromatic N) is 4. The number of hydrogen-bond donors (Lipinski definition) is 3. The van der Waals surface area contributed by atoms with Crippen LogP contribution in [0.3, 0.4) is 0 Å². The van der Waals surface area contributed by atoms with Crippen LogP contribution in [0.1, 0.15) is 16.7 Å². The molecule has 4 rings (SSSR count). The largest absolute Gasteiger partial charge is 0.497 e. The van der Waals surface area contributed by atoms with Gasteiger partial charge in [-0.05, 0) is 35.9 Å². The van der Waals surface area contributed by atoms with Crippen molar-refractivity contribution in [2.24, 2.45) is 5.10 Å². The summed E-state index contributed by atoms with van der Waals surface area (Å²) in [5, 5.41) is 16.1. The highest BCUT2D eigenvalue weighted by molar-refractivity contribution is 7.99. The van der Waals surface area contributed by atoms with Gasteiger partial charge in [0.25, 0.3) is 5.95 Å². The number of anilines is 1. The van der Waals surface area contributed by atoms with E-state index in [9.17, 15) is 4.79 Å². The van der Waals surface area contributed by atoms with Gasteiger partial charge in [-0.25, -0.2) is 10.1 Å². The molecule has 0 atom stereocenters. The van der Waals surface area contributed by atoms with Crippen molar-refractivity contribution in [3.63, 3.8) is 0 Å². The number of aromatic nitrogens is 3. The summed E-state index contributed by atoms with van der Waals surface area (Å²) in [6.07, 6.45) is 1.59. The molecule has 0 spiro atoms. The van der Waals surface area contributed by atoms with E-state index in [0.29, 0.717) is 29.1 Å². The second kappa shape index (κ2) is 13.4. The molecule has 196 valence electrons. The van der Waals surface area contributed by atoms with Crippen molar-refractivity contribution in [2.75, 3.05) is 24.1 Å². The number of hydrogen-bond acceptors (Lipinski definition) is 9. The second-order valence-electron chi connectivity index (χ2n) is 7.88. The topological polar surface area (TPSA) is 129 Å². The molecule has 12 heteroatoms. The van der Waals surface area contributed by atoms with Gasteiger partial charge in [-0.15, -0.1) is 10.2 Å². The zero-order valence-electron chi connectivity index (χ0n) is 20.5. The van der Waals surface area contributed by atoms with Gasteiger partial charge in [0.2, 0.25) is 11.1 Å². The molecule has 4 N–H and O–H groups in total. The number of benzene rings is 3. The molecule has 0 saturated carbocycles. The Hall–Kier alpha value is -4.22. The van der Waals surface area contributed by atoms with E-state index in [1.165, 1.54) is 4.68 Å². The zero-order valence-corrected chi connectivity index (χ0v) is 22.1. The van der Waals surface area contributed by atoms with Crippen molar-refractivity contribution < 1.29 is 14.3 Å². The molecule has 0 aliphatic heterocycles. The SMILES string of the molecule is COc1ccc(CNC(=O)CSc2nnc(N/N=C/c3ccccc3OCc3ccccc3Cl)n2N)cc1. The maximum Gasteiger partial charge on any atom is 0.264 e. The van der Waals surface area contributed by atoms with E-state index in [1.54, 1.807) is 13.3 Å². The summed E-state index contributed by atoms with van der Waals surface area (Å²) >= 11 is 7.38. The van der Waals surface area contributed by atoms with Gasteiger partial charge < -0.3 is 20.6 Å². The number of thioether (sulfide) groups is 1. The zero-order chi connectivity index (χ0) is 26.7. The van der Waals surface area contributed by atoms with E-state index in [4.69, 9.17) is 26.9 Å². The van der Waals surface area contributed by atoms with Crippen LogP contribution < -0.4 is 26.1 Å². The molecule has 0 radical (unpaired) electrons. The van der Waals surface area contributed by atoms with Crippen molar-refractivity contribution in [3.8, 4) is 11.5 Å². The number of halogens is 1. The lowest BCUT2D eigenvalue weighted by Gasteiger charge is -2.10. The molecule has 3 aromatic carbocycles. The Bertz CT molecular complexity index is 1400. The van der Waals surface area contributed by atoms with E-state index in [2.05, 4.69) is 26.0 Å². The highest BCUT2D eigenvalue weighted by Gasteiger charge is 2.12. The third-order valence-electron chi connectivity index (χ3n) is 5.27. The average Bonchev–Trinajstić information content (AvgIpc) is 3.30. The second-order valence-corrected chi connectivity index (χ2v) is 9.23. The number of para-hydroxylation sites is 1. The van der Waals surface area contributed by atoms with Crippen molar-refractivity contribution in [3.05, 3.63) is 94.5 Å². The molecule has 38 heavy (non-hydrogen) atoms. The van der Waals surface area contributed by atoms with Gasteiger partial charge in [0, 0.05) is 22.7 Å². The first kappa shape index (κ1) is 26.8. The Balaban J connectivity index is 1.27. The van der Waals surface area contributed by atoms with Gasteiger partial charge in [-0.3, -0.25) is 4.79 Å². The first-order valence-corrected chi connectivity index (χ1v) is 12.9. The van der Waals surface area contributed by atoms with Crippen LogP contribution in [-0.4, -0.2) is 39.9 Å². The van der Waals surface area contributed by atoms with Crippen LogP contribution in [0.4, 0.5) is 5.95 Å². The van der Waals surface area contributed by atoms with Gasteiger partial charge in [-0.2, -0.15) is 5.10 Å². The van der Waals surface area contributed by atoms with Gasteiger partial charge in [0.15, 0.2) is 0 Å². The fourth-order valence-electron chi connectivity index (χ4n) is 3.23. The Morgan fingerprint density at radius 2 is 1.87 bits per heavy atom. The lowest BCUT2D eigenvalue weighted by atomic mass is 10.2. The molecule has 0 aliphatic rings. The van der Waals surface area contributed by atoms with Crippen LogP contribution in [0.5, 0.6) is 11.5 Å². The van der Waals surface area contributed by atoms with Crippen LogP contribution >= 0.6 is 23.4 Å². The lowest BCUT2D eigenvalue weighted by molar-refractivity contribution is -0.118. The van der Waals surface area contributed by atoms with Crippen LogP contribution in [0.2, 0.25) is 5.02 Å². The van der Waals surface area contributed by atoms with Crippen LogP contribution in [0.25, 0.3) is 0 Å². The third kappa shape index (κ3) is 7.40. The fraction of sp³-hybridized carbons (Fsp3) is 0.154. The van der Waals surface area contributed by atoms with Crippen molar-refractivity contribution >= 4 is 41.4 Å². The molecule has 0 fully saturated rings. The minimum Gasteiger partial charge on any atom is -0.497 e. The first-order valence-electron chi connectivity index (χ1n) is 11.5. The van der Waals surface area contributed by atoms with Gasteiger partial charge in [0.05, 0.1) is 19.1 Å². The summed E-state index contributed by atoms with van der Waals surface area (Å²) in [5.74, 6) is 7.67. The van der Waals surface area contributed by atoms with Crippen LogP contribution in [0, 0.1) is 0 Å². The Morgan fingerprint density at radius 3 is 2.66 bits per heavy atom. The predicted molar refractivity (Wildman–Crippen MR) is 149 cm³/mol. The number of nitrogens with two attached hydrogens (primary N) is 1. The first-order chi connectivity index (χ1) is 18.5. The fourth-order valence-corrected chi connectivity index (χ4v) is 4.10. The van der Waals surface area contributed by atoms with E-state index >= 15 is 0 Å². The van der Waals surface area contributed by atoms with Crippen LogP contribution in [-0.2, 0) is 17.9 Å². The summed E-state index contributed by atoms with van der Waals surface area (Å²) in [7, 11) is 1.61. The number of ether oxygens (including phenoxy) is 2. The Labute approximate surface area is 229 Å². The number of carbonyl (C=O) groups is 1. The highest BCUT2D eigenvalue weighted by atomic mass is 35.5. The molecule has 1 heterocycles. The normalized spacial score (nSPS) is 10.9. The van der Waals surface area contributed by atoms with E-state index < -0.39 is 0 Å². The lowest BCUT2D eigenvalue weighted by Crippen LogP contribution is -2.25. The van der Waals surface area contributed by atoms with Crippen LogP contribution in [0.15, 0.2) is 83.1 Å². The molecule has 1 aromatic heterocycles. The Morgan fingerprint density at radius 1 is 1.11 bits per heavy atom. The van der Waals surface area contributed by atoms with Crippen molar-refractivity contribution in [1.82, 2.24) is 20.2 Å². The number of nitrogens with one attached hydrogen (secondary N) is 2. The van der Waals surface area contributed by atoms with Gasteiger partial charge >= 0.3 is 0 Å². The number of rotatable bonds is 12. The molecule has 10 nitrogen and oxygen atoms in total. The minimum absolute atomic E-state index is 0.130. The number of hydrazone groups is 1. The Kier molecular flexibility index (Phi) is 9.43. The molecule has 0 saturated heterocycles. The van der Waals surface area contributed by atoms with Gasteiger partial charge in [-0.1, -0.05) is 65.8 Å². The van der Waals surface area contributed by atoms with Gasteiger partial charge in [0.1, 0.15) is 18.1 Å². The monoisotopic (exact) mass is 551 g/mol. The molecular formula is C26H26ClN7O3S. The number of carbonyl (C=O) groups excluding carboxylic acids is 1. The maximum absolute atomic E-state index is 12.2. The van der Waals surface area contributed by atoms with E-state index in [1.807, 2.05) is 72.8 Å². The molecule has 0 unspecified atom stereocenters. The maximum atomic E-state index is 12.2. The van der Waals surface area contributed by atoms with E-state index in [0.717, 1.165) is 34.2 Å². The number of nitrogen functional groups attached to an aromatic ring is 1. The number of methoxy groups -OCH3 is 1. The summed E-state index contributed by atoms with van der Waals surface area (Å²) in [6, 6.07) is 22.5. The number of amides is 1. The standard InChI is InChI=1S/C26H26ClN7O3S/c1-36-21-12-10-18(11-13-21)14-29-24(35)17-38-26-33-32-25(34(26)28)31-30-15-19-6-3-5-9-23(19)37-16-20-7-2-4-8-22(20)27/h2-13,15H,14,16-17,28H2,1H3,(H,29,35)(H,31,32)/b30-15+. The summed E-state index contributed by atoms with van der Waals surface area (Å²) in [5.41, 5.74) is 5.37. The molecule has 0 aliphatic carbocycles. The predicted octanol–water partition coefficient (Wildman–Crippen LogP) is 4.09. The van der Waals surface area contributed by atoms with Crippen molar-refractivity contribution in [1.29, 1.82) is 0 Å². The summed E-state index contributed by atoms with van der Waals surface area (Å²) in [6.45, 7) is 0.729. The average molecular weight is 552 g/mol. The smallest absolute Gasteiger partial charge is 0.264 e. The molecule has 4 aromatic rings. The summed E-state index contributed by atoms with van der Waals surface area (Å²) < 4.78 is 12.3. The van der Waals surface area contributed by atoms with E-state index in [-0.39, 0.29) is 17.6 Å². The highest BCUT2D eigenvalue weighted by Crippen LogP contribution is 2.21. The van der Waals surface area contributed by atoms with Crippen molar-refractivity contribution in [2.45, 2.75) is 18.3 Å².